The summed E-state index contributed by atoms with van der Waals surface area (Å²) >= 11 is 0. The molecule has 0 aliphatic carbocycles. The molecule has 3 aromatic rings. The summed E-state index contributed by atoms with van der Waals surface area (Å²) in [6.07, 6.45) is -4.17. The summed E-state index contributed by atoms with van der Waals surface area (Å²) in [5, 5.41) is 27.7. The van der Waals surface area contributed by atoms with Crippen molar-refractivity contribution in [2.75, 3.05) is 11.4 Å². The first-order valence-electron chi connectivity index (χ1n) is 9.28. The van der Waals surface area contributed by atoms with Crippen LogP contribution in [-0.4, -0.2) is 37.5 Å². The third-order valence-corrected chi connectivity index (χ3v) is 5.06. The molecule has 0 saturated carbocycles. The summed E-state index contributed by atoms with van der Waals surface area (Å²) in [6, 6.07) is 7.35. The molecule has 2 aromatic heterocycles. The molecule has 1 aliphatic rings. The van der Waals surface area contributed by atoms with E-state index in [-0.39, 0.29) is 30.3 Å². The van der Waals surface area contributed by atoms with Gasteiger partial charge in [-0.25, -0.2) is 9.37 Å². The summed E-state index contributed by atoms with van der Waals surface area (Å²) in [5.41, 5.74) is -1.23. The van der Waals surface area contributed by atoms with E-state index in [9.17, 15) is 27.9 Å². The van der Waals surface area contributed by atoms with Crippen LogP contribution in [0.15, 0.2) is 36.7 Å². The summed E-state index contributed by atoms with van der Waals surface area (Å²) in [6.45, 7) is 1.35. The Morgan fingerprint density at radius 2 is 2.03 bits per heavy atom. The standard InChI is InChI=1S/C20H16F4N6O/c1-11-5-16(20(22,23)24)15(8-25)18(27-11)29-9-14(31)7-17(29)19-28-26-10-30(19)13-4-2-3-12(21)6-13/h2-6,10,14,17,31H,7,9H2,1H3/t14-,17-/m0/s1. The molecule has 160 valence electrons. The number of hydrogen-bond donors (Lipinski definition) is 1. The van der Waals surface area contributed by atoms with Crippen molar-refractivity contribution in [2.45, 2.75) is 31.7 Å². The van der Waals surface area contributed by atoms with Gasteiger partial charge in [0.05, 0.1) is 23.4 Å². The van der Waals surface area contributed by atoms with Gasteiger partial charge in [-0.15, -0.1) is 10.2 Å². The zero-order chi connectivity index (χ0) is 22.3. The van der Waals surface area contributed by atoms with Crippen molar-refractivity contribution >= 4 is 5.82 Å². The number of nitriles is 1. The van der Waals surface area contributed by atoms with Crippen molar-refractivity contribution in [3.05, 3.63) is 65.1 Å². The Hall–Kier alpha value is -3.52. The fourth-order valence-corrected chi connectivity index (χ4v) is 3.79. The van der Waals surface area contributed by atoms with Crippen LogP contribution in [0.25, 0.3) is 5.69 Å². The molecule has 1 N–H and O–H groups in total. The highest BCUT2D eigenvalue weighted by atomic mass is 19.4. The quantitative estimate of drug-likeness (QED) is 0.639. The number of aromatic nitrogens is 4. The molecule has 3 heterocycles. The number of aliphatic hydroxyl groups excluding tert-OH is 1. The summed E-state index contributed by atoms with van der Waals surface area (Å²) < 4.78 is 55.8. The van der Waals surface area contributed by atoms with Gasteiger partial charge in [-0.05, 0) is 31.2 Å². The molecule has 0 bridgehead atoms. The van der Waals surface area contributed by atoms with Gasteiger partial charge in [0.25, 0.3) is 0 Å². The molecule has 1 aliphatic heterocycles. The Morgan fingerprint density at radius 1 is 1.26 bits per heavy atom. The van der Waals surface area contributed by atoms with E-state index >= 15 is 0 Å². The molecule has 2 atom stereocenters. The second-order valence-electron chi connectivity index (χ2n) is 7.22. The Bertz CT molecular complexity index is 1170. The lowest BCUT2D eigenvalue weighted by Crippen LogP contribution is -2.29. The van der Waals surface area contributed by atoms with Gasteiger partial charge in [0.1, 0.15) is 29.6 Å². The van der Waals surface area contributed by atoms with Crippen molar-refractivity contribution in [2.24, 2.45) is 0 Å². The highest BCUT2D eigenvalue weighted by Gasteiger charge is 2.41. The number of aryl methyl sites for hydroxylation is 1. The minimum absolute atomic E-state index is 0.0525. The number of β-amino-alcohol motifs (C(OH)–C–C–N with tert-alkyl or cyclic N) is 1. The lowest BCUT2D eigenvalue weighted by atomic mass is 10.1. The topological polar surface area (TPSA) is 90.9 Å². The molecular weight excluding hydrogens is 416 g/mol. The van der Waals surface area contributed by atoms with Gasteiger partial charge in [0, 0.05) is 18.7 Å². The number of halogens is 4. The van der Waals surface area contributed by atoms with Gasteiger partial charge in [0.2, 0.25) is 0 Å². The zero-order valence-corrected chi connectivity index (χ0v) is 16.2. The monoisotopic (exact) mass is 432 g/mol. The van der Waals surface area contributed by atoms with E-state index in [1.54, 1.807) is 12.1 Å². The predicted molar refractivity (Wildman–Crippen MR) is 101 cm³/mol. The summed E-state index contributed by atoms with van der Waals surface area (Å²) in [5.74, 6) is -0.393. The molecule has 11 heteroatoms. The van der Waals surface area contributed by atoms with Gasteiger partial charge in [-0.3, -0.25) is 4.57 Å². The molecule has 4 rings (SSSR count). The number of nitrogens with zero attached hydrogens (tertiary/aromatic N) is 6. The van der Waals surface area contributed by atoms with E-state index in [0.717, 1.165) is 6.07 Å². The number of hydrogen-bond acceptors (Lipinski definition) is 6. The van der Waals surface area contributed by atoms with E-state index in [1.807, 2.05) is 0 Å². The van der Waals surface area contributed by atoms with Crippen LogP contribution in [0.5, 0.6) is 0 Å². The molecule has 0 spiro atoms. The maximum Gasteiger partial charge on any atom is 0.417 e. The fourth-order valence-electron chi connectivity index (χ4n) is 3.79. The van der Waals surface area contributed by atoms with Gasteiger partial charge < -0.3 is 10.0 Å². The van der Waals surface area contributed by atoms with Crippen LogP contribution in [0, 0.1) is 24.1 Å². The number of aliphatic hydroxyl groups is 1. The lowest BCUT2D eigenvalue weighted by Gasteiger charge is -2.27. The maximum atomic E-state index is 13.7. The molecule has 1 fully saturated rings. The van der Waals surface area contributed by atoms with Gasteiger partial charge in [-0.2, -0.15) is 18.4 Å². The van der Waals surface area contributed by atoms with Crippen molar-refractivity contribution in [3.63, 3.8) is 0 Å². The van der Waals surface area contributed by atoms with Crippen LogP contribution < -0.4 is 4.90 Å². The second kappa shape index (κ2) is 7.63. The molecular formula is C20H16F4N6O. The molecule has 7 nitrogen and oxygen atoms in total. The van der Waals surface area contributed by atoms with Gasteiger partial charge >= 0.3 is 6.18 Å². The molecule has 0 radical (unpaired) electrons. The highest BCUT2D eigenvalue weighted by Crippen LogP contribution is 2.41. The van der Waals surface area contributed by atoms with Crippen LogP contribution in [-0.2, 0) is 6.18 Å². The Kier molecular flexibility index (Phi) is 5.10. The largest absolute Gasteiger partial charge is 0.417 e. The first-order chi connectivity index (χ1) is 14.7. The number of pyridine rings is 1. The summed E-state index contributed by atoms with van der Waals surface area (Å²) in [7, 11) is 0. The number of alkyl halides is 3. The average molecular weight is 432 g/mol. The van der Waals surface area contributed by atoms with Crippen LogP contribution in [0.4, 0.5) is 23.4 Å². The normalized spacial score (nSPS) is 18.9. The Balaban J connectivity index is 1.85. The number of anilines is 1. The van der Waals surface area contributed by atoms with E-state index in [1.165, 1.54) is 40.9 Å². The van der Waals surface area contributed by atoms with E-state index in [0.29, 0.717) is 5.69 Å². The highest BCUT2D eigenvalue weighted by molar-refractivity contribution is 5.61. The fraction of sp³-hybridized carbons (Fsp3) is 0.300. The SMILES string of the molecule is Cc1cc(C(F)(F)F)c(C#N)c(N2C[C@@H](O)C[C@H]2c2nncn2-c2cccc(F)c2)n1. The van der Waals surface area contributed by atoms with Gasteiger partial charge in [-0.1, -0.05) is 6.07 Å². The van der Waals surface area contributed by atoms with Gasteiger partial charge in [0.15, 0.2) is 5.82 Å². The number of rotatable bonds is 3. The average Bonchev–Trinajstić information content (AvgIpc) is 3.33. The number of benzene rings is 1. The van der Waals surface area contributed by atoms with Crippen molar-refractivity contribution in [1.82, 2.24) is 19.7 Å². The second-order valence-corrected chi connectivity index (χ2v) is 7.22. The van der Waals surface area contributed by atoms with Crippen molar-refractivity contribution in [1.29, 1.82) is 5.26 Å². The first kappa shape index (κ1) is 20.7. The maximum absolute atomic E-state index is 13.7. The van der Waals surface area contributed by atoms with Crippen LogP contribution in [0.3, 0.4) is 0 Å². The minimum atomic E-state index is -4.75. The van der Waals surface area contributed by atoms with Crippen LogP contribution in [0.1, 0.15) is 35.1 Å². The molecule has 0 unspecified atom stereocenters. The molecule has 0 amide bonds. The minimum Gasteiger partial charge on any atom is -0.391 e. The van der Waals surface area contributed by atoms with E-state index in [4.69, 9.17) is 0 Å². The van der Waals surface area contributed by atoms with Crippen molar-refractivity contribution < 1.29 is 22.7 Å². The molecule has 1 aromatic carbocycles. The van der Waals surface area contributed by atoms with E-state index in [2.05, 4.69) is 15.2 Å². The smallest absolute Gasteiger partial charge is 0.391 e. The molecule has 31 heavy (non-hydrogen) atoms. The lowest BCUT2D eigenvalue weighted by molar-refractivity contribution is -0.137. The van der Waals surface area contributed by atoms with Crippen LogP contribution >= 0.6 is 0 Å². The first-order valence-corrected chi connectivity index (χ1v) is 9.28. The third-order valence-electron chi connectivity index (χ3n) is 5.06. The van der Waals surface area contributed by atoms with Crippen molar-refractivity contribution in [3.8, 4) is 11.8 Å². The third kappa shape index (κ3) is 3.82. The Morgan fingerprint density at radius 3 is 2.71 bits per heavy atom. The molecule has 1 saturated heterocycles. The predicted octanol–water partition coefficient (Wildman–Crippen LogP) is 3.31. The van der Waals surface area contributed by atoms with E-state index < -0.39 is 35.3 Å². The summed E-state index contributed by atoms with van der Waals surface area (Å²) in [4.78, 5) is 5.61. The Labute approximate surface area is 174 Å². The van der Waals surface area contributed by atoms with Crippen LogP contribution in [0.2, 0.25) is 0 Å². The zero-order valence-electron chi connectivity index (χ0n) is 16.2.